The molecule has 1 aliphatic heterocycles. The lowest BCUT2D eigenvalue weighted by Gasteiger charge is -2.16. The molecular weight excluding hydrogens is 322 g/mol. The minimum Gasteiger partial charge on any atom is -0.488 e. The van der Waals surface area contributed by atoms with Crippen molar-refractivity contribution in [3.8, 4) is 5.75 Å². The highest BCUT2D eigenvalue weighted by Crippen LogP contribution is 2.25. The highest BCUT2D eigenvalue weighted by Gasteiger charge is 2.18. The Morgan fingerprint density at radius 2 is 2.04 bits per heavy atom. The van der Waals surface area contributed by atoms with Crippen LogP contribution in [-0.2, 0) is 22.1 Å². The number of anilines is 1. The Morgan fingerprint density at radius 1 is 1.25 bits per heavy atom. The largest absolute Gasteiger partial charge is 0.488 e. The molecule has 0 amide bonds. The first-order valence-corrected chi connectivity index (χ1v) is 9.69. The molecule has 1 aliphatic rings. The van der Waals surface area contributed by atoms with Gasteiger partial charge in [0.1, 0.15) is 11.9 Å². The molecule has 24 heavy (non-hydrogen) atoms. The van der Waals surface area contributed by atoms with Crippen LogP contribution in [0.2, 0.25) is 0 Å². The molecule has 2 aromatic carbocycles. The van der Waals surface area contributed by atoms with Crippen molar-refractivity contribution in [3.63, 3.8) is 0 Å². The maximum atomic E-state index is 11.4. The predicted molar refractivity (Wildman–Crippen MR) is 97.1 cm³/mol. The van der Waals surface area contributed by atoms with Gasteiger partial charge in [0.15, 0.2) is 0 Å². The molecule has 0 aromatic heterocycles. The van der Waals surface area contributed by atoms with Crippen LogP contribution in [0, 0.1) is 6.92 Å². The van der Waals surface area contributed by atoms with E-state index in [0.29, 0.717) is 13.2 Å². The normalized spacial score (nSPS) is 18.3. The zero-order valence-electron chi connectivity index (χ0n) is 14.1. The lowest BCUT2D eigenvalue weighted by Crippen LogP contribution is -2.16. The van der Waals surface area contributed by atoms with Crippen LogP contribution in [0.4, 0.5) is 5.69 Å². The average Bonchev–Trinajstić information content (AvgIpc) is 3.09. The molecule has 0 saturated carbocycles. The summed E-state index contributed by atoms with van der Waals surface area (Å²) in [7, 11) is -0.933. The first kappa shape index (κ1) is 17.0. The van der Waals surface area contributed by atoms with E-state index in [1.807, 2.05) is 30.3 Å². The molecule has 128 valence electrons. The van der Waals surface area contributed by atoms with Gasteiger partial charge in [-0.3, -0.25) is 4.21 Å². The summed E-state index contributed by atoms with van der Waals surface area (Å²) in [4.78, 5) is 0.851. The van der Waals surface area contributed by atoms with Crippen LogP contribution in [-0.4, -0.2) is 29.8 Å². The molecule has 1 fully saturated rings. The summed E-state index contributed by atoms with van der Waals surface area (Å²) >= 11 is 0. The number of rotatable bonds is 6. The van der Waals surface area contributed by atoms with E-state index in [4.69, 9.17) is 9.47 Å². The Hall–Kier alpha value is -1.85. The fourth-order valence-electron chi connectivity index (χ4n) is 2.63. The number of benzene rings is 2. The Kier molecular flexibility index (Phi) is 5.53. The third-order valence-electron chi connectivity index (χ3n) is 4.12. The summed E-state index contributed by atoms with van der Waals surface area (Å²) in [6, 6.07) is 14.0. The van der Waals surface area contributed by atoms with Gasteiger partial charge in [0, 0.05) is 46.7 Å². The Balaban J connectivity index is 1.63. The third-order valence-corrected chi connectivity index (χ3v) is 5.06. The quantitative estimate of drug-likeness (QED) is 0.870. The van der Waals surface area contributed by atoms with Gasteiger partial charge < -0.3 is 14.8 Å². The molecule has 2 atom stereocenters. The van der Waals surface area contributed by atoms with Gasteiger partial charge in [-0.15, -0.1) is 0 Å². The van der Waals surface area contributed by atoms with Crippen molar-refractivity contribution in [2.45, 2.75) is 30.9 Å². The maximum Gasteiger partial charge on any atom is 0.124 e. The van der Waals surface area contributed by atoms with Gasteiger partial charge in [-0.05, 0) is 36.2 Å². The van der Waals surface area contributed by atoms with Gasteiger partial charge in [0.25, 0.3) is 0 Å². The van der Waals surface area contributed by atoms with E-state index in [9.17, 15) is 4.21 Å². The van der Waals surface area contributed by atoms with E-state index in [2.05, 4.69) is 24.4 Å². The molecule has 0 bridgehead atoms. The monoisotopic (exact) mass is 345 g/mol. The van der Waals surface area contributed by atoms with Crippen molar-refractivity contribution >= 4 is 16.5 Å². The summed E-state index contributed by atoms with van der Waals surface area (Å²) in [5, 5.41) is 3.42. The van der Waals surface area contributed by atoms with E-state index in [1.54, 1.807) is 6.26 Å². The molecule has 0 aliphatic carbocycles. The van der Waals surface area contributed by atoms with Gasteiger partial charge in [-0.2, -0.15) is 0 Å². The van der Waals surface area contributed by atoms with E-state index in [1.165, 1.54) is 0 Å². The smallest absolute Gasteiger partial charge is 0.124 e. The standard InChI is InChI=1S/C19H23NO3S/c1-14-3-6-16(11-19(14)23-17-9-10-22-13-17)20-12-15-4-7-18(8-5-15)24(2)21/h3-8,11,17,20H,9-10,12-13H2,1-2H3. The predicted octanol–water partition coefficient (Wildman–Crippen LogP) is 3.51. The molecule has 2 unspecified atom stereocenters. The molecule has 1 saturated heterocycles. The Bertz CT molecular complexity index is 709. The molecule has 1 N–H and O–H groups in total. The summed E-state index contributed by atoms with van der Waals surface area (Å²) in [5.41, 5.74) is 3.30. The zero-order chi connectivity index (χ0) is 16.9. The molecule has 2 aromatic rings. The van der Waals surface area contributed by atoms with Crippen molar-refractivity contribution in [2.24, 2.45) is 0 Å². The van der Waals surface area contributed by atoms with Crippen LogP contribution in [0.25, 0.3) is 0 Å². The first-order chi connectivity index (χ1) is 11.6. The summed E-state index contributed by atoms with van der Waals surface area (Å²) in [6.45, 7) is 4.21. The number of nitrogens with one attached hydrogen (secondary N) is 1. The van der Waals surface area contributed by atoms with Crippen LogP contribution < -0.4 is 10.1 Å². The van der Waals surface area contributed by atoms with Crippen LogP contribution in [0.15, 0.2) is 47.4 Å². The molecule has 1 heterocycles. The molecule has 0 radical (unpaired) electrons. The maximum absolute atomic E-state index is 11.4. The van der Waals surface area contributed by atoms with Crippen LogP contribution >= 0.6 is 0 Å². The summed E-state index contributed by atoms with van der Waals surface area (Å²) in [5.74, 6) is 0.909. The van der Waals surface area contributed by atoms with E-state index >= 15 is 0 Å². The third kappa shape index (κ3) is 4.36. The van der Waals surface area contributed by atoms with E-state index in [0.717, 1.165) is 40.5 Å². The molecule has 5 heteroatoms. The van der Waals surface area contributed by atoms with Crippen molar-refractivity contribution in [1.82, 2.24) is 0 Å². The lowest BCUT2D eigenvalue weighted by molar-refractivity contribution is 0.141. The fourth-order valence-corrected chi connectivity index (χ4v) is 3.14. The zero-order valence-corrected chi connectivity index (χ0v) is 14.9. The van der Waals surface area contributed by atoms with Crippen molar-refractivity contribution in [2.75, 3.05) is 24.8 Å². The highest BCUT2D eigenvalue weighted by molar-refractivity contribution is 7.84. The van der Waals surface area contributed by atoms with Crippen molar-refractivity contribution < 1.29 is 13.7 Å². The Morgan fingerprint density at radius 3 is 2.71 bits per heavy atom. The molecule has 3 rings (SSSR count). The lowest BCUT2D eigenvalue weighted by atomic mass is 10.2. The Labute approximate surface area is 145 Å². The second kappa shape index (κ2) is 7.81. The van der Waals surface area contributed by atoms with Gasteiger partial charge >= 0.3 is 0 Å². The summed E-state index contributed by atoms with van der Waals surface area (Å²) < 4.78 is 22.8. The number of ether oxygens (including phenoxy) is 2. The molecule has 4 nitrogen and oxygen atoms in total. The van der Waals surface area contributed by atoms with E-state index < -0.39 is 10.8 Å². The van der Waals surface area contributed by atoms with Gasteiger partial charge in [-0.1, -0.05) is 18.2 Å². The topological polar surface area (TPSA) is 47.6 Å². The summed E-state index contributed by atoms with van der Waals surface area (Å²) in [6.07, 6.45) is 2.79. The minimum absolute atomic E-state index is 0.154. The number of hydrogen-bond acceptors (Lipinski definition) is 4. The van der Waals surface area contributed by atoms with E-state index in [-0.39, 0.29) is 6.10 Å². The molecular formula is C19H23NO3S. The van der Waals surface area contributed by atoms with Gasteiger partial charge in [0.05, 0.1) is 13.2 Å². The second-order valence-corrected chi connectivity index (χ2v) is 7.42. The fraction of sp³-hybridized carbons (Fsp3) is 0.368. The van der Waals surface area contributed by atoms with Crippen LogP contribution in [0.5, 0.6) is 5.75 Å². The SMILES string of the molecule is Cc1ccc(NCc2ccc(S(C)=O)cc2)cc1OC1CCOC1. The highest BCUT2D eigenvalue weighted by atomic mass is 32.2. The average molecular weight is 345 g/mol. The van der Waals surface area contributed by atoms with Gasteiger partial charge in [-0.25, -0.2) is 0 Å². The first-order valence-electron chi connectivity index (χ1n) is 8.13. The van der Waals surface area contributed by atoms with Crippen LogP contribution in [0.3, 0.4) is 0 Å². The van der Waals surface area contributed by atoms with Crippen LogP contribution in [0.1, 0.15) is 17.5 Å². The second-order valence-electron chi connectivity index (χ2n) is 6.04. The number of aryl methyl sites for hydroxylation is 1. The van der Waals surface area contributed by atoms with Gasteiger partial charge in [0.2, 0.25) is 0 Å². The molecule has 0 spiro atoms. The van der Waals surface area contributed by atoms with Crippen molar-refractivity contribution in [1.29, 1.82) is 0 Å². The van der Waals surface area contributed by atoms with Crippen molar-refractivity contribution in [3.05, 3.63) is 53.6 Å². The number of hydrogen-bond donors (Lipinski definition) is 1. The minimum atomic E-state index is -0.933.